The summed E-state index contributed by atoms with van der Waals surface area (Å²) in [7, 11) is 1.41. The number of fused-ring (bicyclic) bond motifs is 2. The number of aromatic amines is 1. The molecule has 9 heteroatoms. The molecule has 2 aliphatic rings. The second-order valence-electron chi connectivity index (χ2n) is 9.68. The Morgan fingerprint density at radius 2 is 1.74 bits per heavy atom. The SMILES string of the molecule is COc1cccc(C2NC(Cc3c[nH]c4ccccc34)(C(=O)O)C3C(=O)N(c4ccccc4)C(=O)C23)c1O. The van der Waals surface area contributed by atoms with Crippen LogP contribution in [-0.4, -0.2) is 45.6 Å². The van der Waals surface area contributed by atoms with Crippen molar-refractivity contribution in [3.05, 3.63) is 90.1 Å². The van der Waals surface area contributed by atoms with Crippen LogP contribution in [-0.2, 0) is 20.8 Å². The molecule has 2 saturated heterocycles. The highest BCUT2D eigenvalue weighted by atomic mass is 16.5. The normalized spacial score (nSPS) is 24.7. The summed E-state index contributed by atoms with van der Waals surface area (Å²) in [5.74, 6) is -4.68. The molecule has 0 bridgehead atoms. The van der Waals surface area contributed by atoms with Crippen LogP contribution in [0.4, 0.5) is 5.69 Å². The van der Waals surface area contributed by atoms with Gasteiger partial charge >= 0.3 is 5.97 Å². The molecule has 4 atom stereocenters. The second kappa shape index (κ2) is 8.74. The van der Waals surface area contributed by atoms with Crippen molar-refractivity contribution in [1.82, 2.24) is 10.3 Å². The van der Waals surface area contributed by atoms with Gasteiger partial charge < -0.3 is 19.9 Å². The number of aromatic nitrogens is 1. The predicted molar refractivity (Wildman–Crippen MR) is 139 cm³/mol. The number of para-hydroxylation sites is 3. The molecule has 3 heterocycles. The van der Waals surface area contributed by atoms with Crippen molar-refractivity contribution in [3.8, 4) is 11.5 Å². The monoisotopic (exact) mass is 511 g/mol. The first-order valence-corrected chi connectivity index (χ1v) is 12.2. The Morgan fingerprint density at radius 1 is 1.00 bits per heavy atom. The molecule has 192 valence electrons. The van der Waals surface area contributed by atoms with E-state index in [1.807, 2.05) is 24.3 Å². The number of aromatic hydroxyl groups is 1. The van der Waals surface area contributed by atoms with Crippen LogP contribution < -0.4 is 15.0 Å². The third kappa shape index (κ3) is 3.32. The van der Waals surface area contributed by atoms with Gasteiger partial charge in [0.1, 0.15) is 5.54 Å². The lowest BCUT2D eigenvalue weighted by molar-refractivity contribution is -0.148. The molecule has 2 fully saturated rings. The summed E-state index contributed by atoms with van der Waals surface area (Å²) in [5, 5.41) is 25.7. The number of carbonyl (C=O) groups is 3. The van der Waals surface area contributed by atoms with Gasteiger partial charge in [-0.25, -0.2) is 4.90 Å². The van der Waals surface area contributed by atoms with Crippen LogP contribution in [0.1, 0.15) is 17.2 Å². The van der Waals surface area contributed by atoms with Crippen molar-refractivity contribution in [3.63, 3.8) is 0 Å². The number of amides is 2. The summed E-state index contributed by atoms with van der Waals surface area (Å²) in [6.45, 7) is 0. The van der Waals surface area contributed by atoms with Crippen molar-refractivity contribution < 1.29 is 29.3 Å². The predicted octanol–water partition coefficient (Wildman–Crippen LogP) is 3.40. The number of carboxylic acid groups (broad SMARTS) is 1. The van der Waals surface area contributed by atoms with E-state index in [-0.39, 0.29) is 23.5 Å². The number of benzene rings is 3. The topological polar surface area (TPSA) is 132 Å². The van der Waals surface area contributed by atoms with Gasteiger partial charge in [-0.3, -0.25) is 19.7 Å². The lowest BCUT2D eigenvalue weighted by Crippen LogP contribution is -2.57. The number of anilines is 1. The molecule has 6 rings (SSSR count). The van der Waals surface area contributed by atoms with Gasteiger partial charge in [0.25, 0.3) is 0 Å². The van der Waals surface area contributed by atoms with Gasteiger partial charge in [-0.2, -0.15) is 0 Å². The first-order valence-electron chi connectivity index (χ1n) is 12.2. The Balaban J connectivity index is 1.54. The molecular weight excluding hydrogens is 486 g/mol. The van der Waals surface area contributed by atoms with E-state index < -0.39 is 41.2 Å². The molecule has 2 aliphatic heterocycles. The lowest BCUT2D eigenvalue weighted by Gasteiger charge is -2.31. The molecule has 3 aromatic carbocycles. The molecule has 4 N–H and O–H groups in total. The fourth-order valence-electron chi connectivity index (χ4n) is 6.07. The van der Waals surface area contributed by atoms with Crippen molar-refractivity contribution in [2.24, 2.45) is 11.8 Å². The molecule has 4 aromatic rings. The Morgan fingerprint density at radius 3 is 2.47 bits per heavy atom. The maximum absolute atomic E-state index is 14.0. The molecular formula is C29H25N3O6. The molecule has 0 radical (unpaired) electrons. The number of nitrogens with one attached hydrogen (secondary N) is 2. The average molecular weight is 512 g/mol. The number of H-pyrrole nitrogens is 1. The maximum Gasteiger partial charge on any atom is 0.325 e. The molecule has 9 nitrogen and oxygen atoms in total. The first-order chi connectivity index (χ1) is 18.4. The van der Waals surface area contributed by atoms with Gasteiger partial charge in [0.2, 0.25) is 11.8 Å². The van der Waals surface area contributed by atoms with Gasteiger partial charge in [0.05, 0.1) is 24.6 Å². The van der Waals surface area contributed by atoms with Crippen LogP contribution in [0.25, 0.3) is 10.9 Å². The quantitative estimate of drug-likeness (QED) is 0.292. The highest BCUT2D eigenvalue weighted by Gasteiger charge is 2.69. The Hall–Kier alpha value is -4.63. The van der Waals surface area contributed by atoms with Crippen LogP contribution in [0.5, 0.6) is 11.5 Å². The number of carbonyl (C=O) groups excluding carboxylic acids is 2. The highest BCUT2D eigenvalue weighted by Crippen LogP contribution is 2.53. The van der Waals surface area contributed by atoms with E-state index in [9.17, 15) is 24.6 Å². The molecule has 0 spiro atoms. The lowest BCUT2D eigenvalue weighted by atomic mass is 9.76. The zero-order valence-corrected chi connectivity index (χ0v) is 20.4. The van der Waals surface area contributed by atoms with Gasteiger partial charge in [-0.15, -0.1) is 0 Å². The number of aliphatic carboxylic acids is 1. The molecule has 2 amide bonds. The third-order valence-electron chi connectivity index (χ3n) is 7.78. The molecule has 4 unspecified atom stereocenters. The Bertz CT molecular complexity index is 1580. The number of phenolic OH excluding ortho intramolecular Hbond substituents is 1. The zero-order chi connectivity index (χ0) is 26.6. The Labute approximate surface area is 217 Å². The van der Waals surface area contributed by atoms with Gasteiger partial charge in [-0.1, -0.05) is 48.5 Å². The van der Waals surface area contributed by atoms with Crippen molar-refractivity contribution in [2.45, 2.75) is 18.0 Å². The number of hydrogen-bond acceptors (Lipinski definition) is 6. The van der Waals surface area contributed by atoms with E-state index in [0.29, 0.717) is 11.3 Å². The van der Waals surface area contributed by atoms with E-state index in [4.69, 9.17) is 4.74 Å². The van der Waals surface area contributed by atoms with Gasteiger partial charge in [0, 0.05) is 35.1 Å². The van der Waals surface area contributed by atoms with E-state index >= 15 is 0 Å². The number of ether oxygens (including phenoxy) is 1. The highest BCUT2D eigenvalue weighted by molar-refractivity contribution is 6.24. The van der Waals surface area contributed by atoms with Crippen LogP contribution in [0.15, 0.2) is 79.0 Å². The van der Waals surface area contributed by atoms with Crippen LogP contribution in [0.3, 0.4) is 0 Å². The molecule has 0 saturated carbocycles. The third-order valence-corrected chi connectivity index (χ3v) is 7.78. The maximum atomic E-state index is 14.0. The largest absolute Gasteiger partial charge is 0.504 e. The summed E-state index contributed by atoms with van der Waals surface area (Å²) in [6, 6.07) is 19.9. The molecule has 38 heavy (non-hydrogen) atoms. The zero-order valence-electron chi connectivity index (χ0n) is 20.4. The fraction of sp³-hybridized carbons (Fsp3) is 0.207. The number of hydrogen-bond donors (Lipinski definition) is 4. The van der Waals surface area contributed by atoms with Gasteiger partial charge in [0.15, 0.2) is 11.5 Å². The number of methoxy groups -OCH3 is 1. The van der Waals surface area contributed by atoms with Crippen molar-refractivity contribution in [1.29, 1.82) is 0 Å². The minimum Gasteiger partial charge on any atom is -0.504 e. The van der Waals surface area contributed by atoms with Crippen LogP contribution >= 0.6 is 0 Å². The number of nitrogens with zero attached hydrogens (tertiary/aromatic N) is 1. The first kappa shape index (κ1) is 23.7. The van der Waals surface area contributed by atoms with Crippen molar-refractivity contribution >= 4 is 34.4 Å². The fourth-order valence-corrected chi connectivity index (χ4v) is 6.07. The van der Waals surface area contributed by atoms with Crippen LogP contribution in [0, 0.1) is 11.8 Å². The Kier molecular flexibility index (Phi) is 5.46. The minimum absolute atomic E-state index is 0.0591. The summed E-state index contributed by atoms with van der Waals surface area (Å²) in [4.78, 5) is 45.3. The summed E-state index contributed by atoms with van der Waals surface area (Å²) >= 11 is 0. The van der Waals surface area contributed by atoms with E-state index in [0.717, 1.165) is 15.8 Å². The van der Waals surface area contributed by atoms with Gasteiger partial charge in [-0.05, 0) is 29.8 Å². The molecule has 1 aromatic heterocycles. The smallest absolute Gasteiger partial charge is 0.325 e. The van der Waals surface area contributed by atoms with E-state index in [1.165, 1.54) is 7.11 Å². The summed E-state index contributed by atoms with van der Waals surface area (Å²) in [5.41, 5.74) is 0.364. The molecule has 0 aliphatic carbocycles. The van der Waals surface area contributed by atoms with E-state index in [1.54, 1.807) is 54.7 Å². The standard InChI is InChI=1S/C29H25N3O6/c1-38-21-13-7-11-19(25(21)33)24-22-23(27(35)32(26(22)34)17-8-3-2-4-9-17)29(31-24,28(36)37)14-16-15-30-20-12-6-5-10-18(16)20/h2-13,15,22-24,30-31,33H,14H2,1H3,(H,36,37). The minimum atomic E-state index is -1.83. The van der Waals surface area contributed by atoms with Crippen LogP contribution in [0.2, 0.25) is 0 Å². The second-order valence-corrected chi connectivity index (χ2v) is 9.68. The summed E-state index contributed by atoms with van der Waals surface area (Å²) in [6.07, 6.45) is 1.68. The summed E-state index contributed by atoms with van der Waals surface area (Å²) < 4.78 is 5.27. The van der Waals surface area contributed by atoms with Crippen molar-refractivity contribution in [2.75, 3.05) is 12.0 Å². The number of imide groups is 1. The number of phenols is 1. The van der Waals surface area contributed by atoms with E-state index in [2.05, 4.69) is 10.3 Å². The number of rotatable bonds is 6. The number of carboxylic acids is 1. The average Bonchev–Trinajstić information content (AvgIpc) is 3.57.